The summed E-state index contributed by atoms with van der Waals surface area (Å²) in [5.74, 6) is -0.942. The van der Waals surface area contributed by atoms with Crippen molar-refractivity contribution in [1.29, 1.82) is 0 Å². The molecule has 2 N–H and O–H groups in total. The number of carboxylic acids is 1. The van der Waals surface area contributed by atoms with Crippen LogP contribution in [0.2, 0.25) is 0 Å². The SMILES string of the molecule is C=C(CNCC1(C)COC1)C(=O)O. The van der Waals surface area contributed by atoms with Crippen molar-refractivity contribution < 1.29 is 14.6 Å². The van der Waals surface area contributed by atoms with Crippen LogP contribution in [0.15, 0.2) is 12.2 Å². The molecule has 0 bridgehead atoms. The van der Waals surface area contributed by atoms with Crippen molar-refractivity contribution in [3.05, 3.63) is 12.2 Å². The molecule has 0 aromatic heterocycles. The van der Waals surface area contributed by atoms with Crippen LogP contribution < -0.4 is 5.32 Å². The van der Waals surface area contributed by atoms with Crippen LogP contribution in [0.5, 0.6) is 0 Å². The van der Waals surface area contributed by atoms with Crippen LogP contribution in [0.25, 0.3) is 0 Å². The van der Waals surface area contributed by atoms with E-state index >= 15 is 0 Å². The number of hydrogen-bond acceptors (Lipinski definition) is 3. The van der Waals surface area contributed by atoms with Crippen LogP contribution >= 0.6 is 0 Å². The number of carboxylic acid groups (broad SMARTS) is 1. The summed E-state index contributed by atoms with van der Waals surface area (Å²) in [4.78, 5) is 10.4. The Hall–Kier alpha value is -0.870. The first kappa shape index (κ1) is 10.2. The normalized spacial score (nSPS) is 19.2. The summed E-state index contributed by atoms with van der Waals surface area (Å²) in [5, 5.41) is 11.6. The van der Waals surface area contributed by atoms with Crippen LogP contribution in [0.4, 0.5) is 0 Å². The summed E-state index contributed by atoms with van der Waals surface area (Å²) in [6.45, 7) is 8.14. The maximum Gasteiger partial charge on any atom is 0.332 e. The van der Waals surface area contributed by atoms with Gasteiger partial charge in [-0.15, -0.1) is 0 Å². The maximum absolute atomic E-state index is 10.4. The minimum atomic E-state index is -0.942. The van der Waals surface area contributed by atoms with Gasteiger partial charge in [0.2, 0.25) is 0 Å². The van der Waals surface area contributed by atoms with Gasteiger partial charge in [0.15, 0.2) is 0 Å². The molecule has 74 valence electrons. The molecule has 1 aliphatic rings. The molecule has 0 radical (unpaired) electrons. The second-order valence-corrected chi connectivity index (χ2v) is 3.82. The molecule has 0 spiro atoms. The third-order valence-electron chi connectivity index (χ3n) is 2.09. The lowest BCUT2D eigenvalue weighted by Gasteiger charge is -2.38. The molecule has 0 atom stereocenters. The van der Waals surface area contributed by atoms with E-state index in [4.69, 9.17) is 9.84 Å². The Bertz CT molecular complexity index is 221. The van der Waals surface area contributed by atoms with Gasteiger partial charge in [-0.05, 0) is 0 Å². The van der Waals surface area contributed by atoms with Crippen molar-refractivity contribution in [3.63, 3.8) is 0 Å². The molecule has 1 rings (SSSR count). The van der Waals surface area contributed by atoms with Gasteiger partial charge in [-0.1, -0.05) is 13.5 Å². The van der Waals surface area contributed by atoms with Crippen molar-refractivity contribution in [2.45, 2.75) is 6.92 Å². The van der Waals surface area contributed by atoms with Gasteiger partial charge < -0.3 is 15.2 Å². The average Bonchev–Trinajstić information content (AvgIpc) is 2.01. The Balaban J connectivity index is 2.13. The van der Waals surface area contributed by atoms with Gasteiger partial charge in [0.1, 0.15) is 0 Å². The second-order valence-electron chi connectivity index (χ2n) is 3.82. The van der Waals surface area contributed by atoms with Gasteiger partial charge in [-0.3, -0.25) is 0 Å². The molecule has 1 fully saturated rings. The second kappa shape index (κ2) is 3.89. The van der Waals surface area contributed by atoms with E-state index in [1.54, 1.807) is 0 Å². The molecular formula is C9H15NO3. The lowest BCUT2D eigenvalue weighted by Crippen LogP contribution is -2.47. The number of ether oxygens (including phenoxy) is 1. The molecule has 1 heterocycles. The standard InChI is InChI=1S/C9H15NO3/c1-7(8(11)12)3-10-4-9(2)5-13-6-9/h10H,1,3-6H2,2H3,(H,11,12). The molecule has 4 nitrogen and oxygen atoms in total. The zero-order chi connectivity index (χ0) is 9.90. The van der Waals surface area contributed by atoms with Crippen molar-refractivity contribution in [3.8, 4) is 0 Å². The van der Waals surface area contributed by atoms with Gasteiger partial charge in [0.25, 0.3) is 0 Å². The largest absolute Gasteiger partial charge is 0.478 e. The Labute approximate surface area is 77.6 Å². The number of nitrogens with one attached hydrogen (secondary N) is 1. The summed E-state index contributed by atoms with van der Waals surface area (Å²) in [5.41, 5.74) is 0.377. The zero-order valence-corrected chi connectivity index (χ0v) is 7.80. The predicted molar refractivity (Wildman–Crippen MR) is 48.6 cm³/mol. The Kier molecular flexibility index (Phi) is 3.06. The molecular weight excluding hydrogens is 170 g/mol. The molecule has 0 aliphatic carbocycles. The topological polar surface area (TPSA) is 58.6 Å². The first-order chi connectivity index (χ1) is 6.03. The first-order valence-electron chi connectivity index (χ1n) is 4.23. The van der Waals surface area contributed by atoms with Gasteiger partial charge in [0, 0.05) is 24.1 Å². The van der Waals surface area contributed by atoms with Crippen LogP contribution in [0, 0.1) is 5.41 Å². The average molecular weight is 185 g/mol. The fraction of sp³-hybridized carbons (Fsp3) is 0.667. The summed E-state index contributed by atoms with van der Waals surface area (Å²) in [6.07, 6.45) is 0. The monoisotopic (exact) mass is 185 g/mol. The third-order valence-corrected chi connectivity index (χ3v) is 2.09. The smallest absolute Gasteiger partial charge is 0.332 e. The van der Waals surface area contributed by atoms with E-state index in [1.165, 1.54) is 0 Å². The van der Waals surface area contributed by atoms with Crippen LogP contribution in [0.1, 0.15) is 6.92 Å². The molecule has 1 saturated heterocycles. The lowest BCUT2D eigenvalue weighted by atomic mass is 9.89. The van der Waals surface area contributed by atoms with Gasteiger partial charge in [-0.2, -0.15) is 0 Å². The first-order valence-corrected chi connectivity index (χ1v) is 4.23. The van der Waals surface area contributed by atoms with E-state index in [0.29, 0.717) is 6.54 Å². The van der Waals surface area contributed by atoms with E-state index in [0.717, 1.165) is 19.8 Å². The Morgan fingerprint density at radius 2 is 2.31 bits per heavy atom. The van der Waals surface area contributed by atoms with E-state index in [-0.39, 0.29) is 11.0 Å². The number of carbonyl (C=O) groups is 1. The van der Waals surface area contributed by atoms with Crippen LogP contribution in [-0.4, -0.2) is 37.4 Å². The van der Waals surface area contributed by atoms with Crippen molar-refractivity contribution >= 4 is 5.97 Å². The predicted octanol–water partition coefficient (Wildman–Crippen LogP) is 0.253. The highest BCUT2D eigenvalue weighted by molar-refractivity contribution is 5.86. The Morgan fingerprint density at radius 3 is 2.69 bits per heavy atom. The molecule has 0 aromatic rings. The van der Waals surface area contributed by atoms with Crippen LogP contribution in [-0.2, 0) is 9.53 Å². The molecule has 13 heavy (non-hydrogen) atoms. The summed E-state index contributed by atoms with van der Waals surface area (Å²) in [6, 6.07) is 0. The molecule has 0 unspecified atom stereocenters. The molecule has 0 aromatic carbocycles. The highest BCUT2D eigenvalue weighted by atomic mass is 16.5. The van der Waals surface area contributed by atoms with Gasteiger partial charge in [-0.25, -0.2) is 4.79 Å². The summed E-state index contributed by atoms with van der Waals surface area (Å²) in [7, 11) is 0. The van der Waals surface area contributed by atoms with Gasteiger partial charge >= 0.3 is 5.97 Å². The quantitative estimate of drug-likeness (QED) is 0.603. The summed E-state index contributed by atoms with van der Waals surface area (Å²) < 4.78 is 5.06. The minimum Gasteiger partial charge on any atom is -0.478 e. The lowest BCUT2D eigenvalue weighted by molar-refractivity contribution is -0.132. The number of rotatable bonds is 5. The number of hydrogen-bond donors (Lipinski definition) is 2. The third kappa shape index (κ3) is 2.82. The van der Waals surface area contributed by atoms with Crippen molar-refractivity contribution in [2.24, 2.45) is 5.41 Å². The molecule has 4 heteroatoms. The molecule has 1 aliphatic heterocycles. The minimum absolute atomic E-state index is 0.179. The van der Waals surface area contributed by atoms with E-state index < -0.39 is 5.97 Å². The maximum atomic E-state index is 10.4. The number of aliphatic carboxylic acids is 1. The Morgan fingerprint density at radius 1 is 1.69 bits per heavy atom. The fourth-order valence-corrected chi connectivity index (χ4v) is 1.14. The van der Waals surface area contributed by atoms with Crippen molar-refractivity contribution in [2.75, 3.05) is 26.3 Å². The van der Waals surface area contributed by atoms with E-state index in [2.05, 4.69) is 18.8 Å². The van der Waals surface area contributed by atoms with E-state index in [9.17, 15) is 4.79 Å². The zero-order valence-electron chi connectivity index (χ0n) is 7.80. The summed E-state index contributed by atoms with van der Waals surface area (Å²) >= 11 is 0. The highest BCUT2D eigenvalue weighted by Gasteiger charge is 2.32. The fourth-order valence-electron chi connectivity index (χ4n) is 1.14. The molecule has 0 amide bonds. The van der Waals surface area contributed by atoms with E-state index in [1.807, 2.05) is 0 Å². The van der Waals surface area contributed by atoms with Crippen LogP contribution in [0.3, 0.4) is 0 Å². The van der Waals surface area contributed by atoms with Crippen molar-refractivity contribution in [1.82, 2.24) is 5.32 Å². The highest BCUT2D eigenvalue weighted by Crippen LogP contribution is 2.24. The van der Waals surface area contributed by atoms with Gasteiger partial charge in [0.05, 0.1) is 13.2 Å². The molecule has 0 saturated carbocycles.